The van der Waals surface area contributed by atoms with Crippen molar-refractivity contribution in [1.29, 1.82) is 0 Å². The summed E-state index contributed by atoms with van der Waals surface area (Å²) in [7, 11) is 3.41. The smallest absolute Gasteiger partial charge is 0.0704 e. The van der Waals surface area contributed by atoms with Crippen LogP contribution in [-0.2, 0) is 14.2 Å². The fraction of sp³-hybridized carbons (Fsp3) is 1.00. The molecule has 0 rings (SSSR count). The Morgan fingerprint density at radius 2 is 1.85 bits per heavy atom. The van der Waals surface area contributed by atoms with Gasteiger partial charge in [0.2, 0.25) is 0 Å². The van der Waals surface area contributed by atoms with E-state index in [1.807, 2.05) is 0 Å². The molecule has 0 aromatic rings. The maximum Gasteiger partial charge on any atom is 0.0704 e. The van der Waals surface area contributed by atoms with Crippen molar-refractivity contribution in [2.75, 3.05) is 27.4 Å². The van der Waals surface area contributed by atoms with Crippen molar-refractivity contribution in [2.24, 2.45) is 0 Å². The molecule has 0 aliphatic rings. The fourth-order valence-corrected chi connectivity index (χ4v) is 1.12. The van der Waals surface area contributed by atoms with E-state index in [-0.39, 0.29) is 6.10 Å². The summed E-state index contributed by atoms with van der Waals surface area (Å²) in [5.74, 6) is 0. The van der Waals surface area contributed by atoms with Crippen LogP contribution in [0.25, 0.3) is 0 Å². The summed E-state index contributed by atoms with van der Waals surface area (Å²) in [5, 5.41) is 0. The Kier molecular flexibility index (Phi) is 8.40. The summed E-state index contributed by atoms with van der Waals surface area (Å²) < 4.78 is 15.7. The van der Waals surface area contributed by atoms with Crippen molar-refractivity contribution < 1.29 is 14.2 Å². The average Bonchev–Trinajstić information content (AvgIpc) is 2.16. The third kappa shape index (κ3) is 6.99. The van der Waals surface area contributed by atoms with E-state index in [0.717, 1.165) is 12.8 Å². The minimum atomic E-state index is 0.271. The predicted octanol–water partition coefficient (Wildman–Crippen LogP) is 1.85. The van der Waals surface area contributed by atoms with Gasteiger partial charge in [-0.1, -0.05) is 6.92 Å². The molecule has 0 saturated carbocycles. The van der Waals surface area contributed by atoms with Crippen LogP contribution in [0.1, 0.15) is 26.7 Å². The van der Waals surface area contributed by atoms with E-state index in [1.165, 1.54) is 0 Å². The monoisotopic (exact) mass is 190 g/mol. The van der Waals surface area contributed by atoms with Crippen LogP contribution in [0.3, 0.4) is 0 Å². The first kappa shape index (κ1) is 12.9. The average molecular weight is 190 g/mol. The summed E-state index contributed by atoms with van der Waals surface area (Å²) in [4.78, 5) is 0. The van der Waals surface area contributed by atoms with Gasteiger partial charge in [-0.15, -0.1) is 0 Å². The van der Waals surface area contributed by atoms with Crippen molar-refractivity contribution in [3.63, 3.8) is 0 Å². The second-order valence-corrected chi connectivity index (χ2v) is 3.18. The van der Waals surface area contributed by atoms with Crippen molar-refractivity contribution in [1.82, 2.24) is 0 Å². The molecule has 0 aromatic heterocycles. The number of hydrogen-bond acceptors (Lipinski definition) is 3. The molecular weight excluding hydrogens is 168 g/mol. The molecule has 0 aliphatic heterocycles. The summed E-state index contributed by atoms with van der Waals surface area (Å²) in [6, 6.07) is 0. The van der Waals surface area contributed by atoms with Crippen molar-refractivity contribution in [3.8, 4) is 0 Å². The lowest BCUT2D eigenvalue weighted by Gasteiger charge is -2.19. The summed E-state index contributed by atoms with van der Waals surface area (Å²) in [5.41, 5.74) is 0. The molecule has 0 heterocycles. The fourth-order valence-electron chi connectivity index (χ4n) is 1.12. The Labute approximate surface area is 81.4 Å². The molecule has 0 radical (unpaired) electrons. The highest BCUT2D eigenvalue weighted by Gasteiger charge is 2.10. The van der Waals surface area contributed by atoms with Crippen LogP contribution in [0.15, 0.2) is 0 Å². The summed E-state index contributed by atoms with van der Waals surface area (Å²) >= 11 is 0. The maximum atomic E-state index is 5.60. The van der Waals surface area contributed by atoms with Gasteiger partial charge in [0.05, 0.1) is 25.4 Å². The molecule has 3 heteroatoms. The van der Waals surface area contributed by atoms with Crippen LogP contribution in [0.5, 0.6) is 0 Å². The first-order chi connectivity index (χ1) is 6.24. The van der Waals surface area contributed by atoms with Gasteiger partial charge in [-0.25, -0.2) is 0 Å². The largest absolute Gasteiger partial charge is 0.382 e. The summed E-state index contributed by atoms with van der Waals surface area (Å²) in [6.45, 7) is 5.52. The zero-order valence-corrected chi connectivity index (χ0v) is 9.21. The molecule has 0 spiro atoms. The molecule has 0 bridgehead atoms. The van der Waals surface area contributed by atoms with Crippen LogP contribution in [0.2, 0.25) is 0 Å². The Morgan fingerprint density at radius 3 is 2.31 bits per heavy atom. The molecule has 0 aliphatic carbocycles. The van der Waals surface area contributed by atoms with Gasteiger partial charge in [0.15, 0.2) is 0 Å². The maximum absolute atomic E-state index is 5.60. The SMILES string of the molecule is CCC(CC(C)OC)OCCOC. The molecule has 3 nitrogen and oxygen atoms in total. The van der Waals surface area contributed by atoms with Gasteiger partial charge >= 0.3 is 0 Å². The van der Waals surface area contributed by atoms with Crippen LogP contribution in [0.4, 0.5) is 0 Å². The van der Waals surface area contributed by atoms with Crippen LogP contribution < -0.4 is 0 Å². The topological polar surface area (TPSA) is 27.7 Å². The molecule has 0 N–H and O–H groups in total. The van der Waals surface area contributed by atoms with Crippen molar-refractivity contribution in [2.45, 2.75) is 38.9 Å². The number of ether oxygens (including phenoxy) is 3. The zero-order chi connectivity index (χ0) is 10.1. The van der Waals surface area contributed by atoms with Gasteiger partial charge in [0.1, 0.15) is 0 Å². The highest BCUT2D eigenvalue weighted by Crippen LogP contribution is 2.08. The lowest BCUT2D eigenvalue weighted by atomic mass is 10.1. The lowest BCUT2D eigenvalue weighted by molar-refractivity contribution is -0.0158. The van der Waals surface area contributed by atoms with Crippen LogP contribution in [0, 0.1) is 0 Å². The molecule has 2 atom stereocenters. The van der Waals surface area contributed by atoms with E-state index in [4.69, 9.17) is 14.2 Å². The van der Waals surface area contributed by atoms with E-state index in [1.54, 1.807) is 14.2 Å². The highest BCUT2D eigenvalue weighted by atomic mass is 16.5. The van der Waals surface area contributed by atoms with Gasteiger partial charge in [0.25, 0.3) is 0 Å². The molecule has 80 valence electrons. The summed E-state index contributed by atoms with van der Waals surface area (Å²) in [6.07, 6.45) is 2.55. The van der Waals surface area contributed by atoms with Crippen LogP contribution in [-0.4, -0.2) is 39.6 Å². The van der Waals surface area contributed by atoms with Gasteiger partial charge in [-0.3, -0.25) is 0 Å². The van der Waals surface area contributed by atoms with E-state index < -0.39 is 0 Å². The third-order valence-electron chi connectivity index (χ3n) is 2.09. The van der Waals surface area contributed by atoms with E-state index in [2.05, 4.69) is 13.8 Å². The van der Waals surface area contributed by atoms with Gasteiger partial charge < -0.3 is 14.2 Å². The zero-order valence-electron chi connectivity index (χ0n) is 9.21. The molecule has 13 heavy (non-hydrogen) atoms. The Hall–Kier alpha value is -0.120. The third-order valence-corrected chi connectivity index (χ3v) is 2.09. The number of hydrogen-bond donors (Lipinski definition) is 0. The molecule has 2 unspecified atom stereocenters. The van der Waals surface area contributed by atoms with E-state index in [9.17, 15) is 0 Å². The van der Waals surface area contributed by atoms with E-state index in [0.29, 0.717) is 19.3 Å². The number of rotatable bonds is 8. The molecule has 0 amide bonds. The molecule has 0 fully saturated rings. The molecule has 0 saturated heterocycles. The Balaban J connectivity index is 3.50. The predicted molar refractivity (Wildman–Crippen MR) is 53.0 cm³/mol. The van der Waals surface area contributed by atoms with Crippen LogP contribution >= 0.6 is 0 Å². The minimum Gasteiger partial charge on any atom is -0.382 e. The molecular formula is C10H22O3. The second kappa shape index (κ2) is 8.48. The van der Waals surface area contributed by atoms with Gasteiger partial charge in [0, 0.05) is 14.2 Å². The highest BCUT2D eigenvalue weighted by molar-refractivity contribution is 4.60. The lowest BCUT2D eigenvalue weighted by Crippen LogP contribution is -2.21. The first-order valence-electron chi connectivity index (χ1n) is 4.87. The Morgan fingerprint density at radius 1 is 1.15 bits per heavy atom. The second-order valence-electron chi connectivity index (χ2n) is 3.18. The Bertz CT molecular complexity index is 106. The normalized spacial score (nSPS) is 15.7. The molecule has 0 aromatic carbocycles. The number of methoxy groups -OCH3 is 2. The van der Waals surface area contributed by atoms with Gasteiger partial charge in [-0.2, -0.15) is 0 Å². The van der Waals surface area contributed by atoms with Crippen molar-refractivity contribution >= 4 is 0 Å². The first-order valence-corrected chi connectivity index (χ1v) is 4.87. The quantitative estimate of drug-likeness (QED) is 0.547. The van der Waals surface area contributed by atoms with Crippen molar-refractivity contribution in [3.05, 3.63) is 0 Å². The standard InChI is InChI=1S/C10H22O3/c1-5-10(8-9(2)12-4)13-7-6-11-3/h9-10H,5-8H2,1-4H3. The minimum absolute atomic E-state index is 0.271. The van der Waals surface area contributed by atoms with Gasteiger partial charge in [-0.05, 0) is 19.8 Å². The van der Waals surface area contributed by atoms with E-state index >= 15 is 0 Å².